The first-order valence-corrected chi connectivity index (χ1v) is 7.79. The Kier molecular flexibility index (Phi) is 4.15. The number of nitrogens with zero attached hydrogens (tertiary/aromatic N) is 1. The Bertz CT molecular complexity index is 457. The predicted molar refractivity (Wildman–Crippen MR) is 78.9 cm³/mol. The van der Waals surface area contributed by atoms with Gasteiger partial charge in [0, 0.05) is 30.7 Å². The minimum absolute atomic E-state index is 0.312. The van der Waals surface area contributed by atoms with Crippen LogP contribution in [0.3, 0.4) is 0 Å². The lowest BCUT2D eigenvalue weighted by Gasteiger charge is -2.35. The van der Waals surface area contributed by atoms with Crippen LogP contribution in [0, 0.1) is 13.8 Å². The molecular weight excluding hydrogens is 252 g/mol. The Morgan fingerprint density at radius 3 is 3.05 bits per heavy atom. The normalized spacial score (nSPS) is 28.6. The van der Waals surface area contributed by atoms with Crippen molar-refractivity contribution in [3.63, 3.8) is 0 Å². The quantitative estimate of drug-likeness (QED) is 0.918. The average molecular weight is 278 g/mol. The van der Waals surface area contributed by atoms with E-state index in [-0.39, 0.29) is 0 Å². The van der Waals surface area contributed by atoms with Crippen molar-refractivity contribution < 1.29 is 9.15 Å². The number of hydrogen-bond acceptors (Lipinski definition) is 4. The minimum atomic E-state index is 0.312. The molecule has 2 fully saturated rings. The fraction of sp³-hybridized carbons (Fsp3) is 0.750. The molecule has 4 nitrogen and oxygen atoms in total. The molecule has 2 aliphatic heterocycles. The molecule has 0 aromatic carbocycles. The van der Waals surface area contributed by atoms with Crippen LogP contribution in [-0.4, -0.2) is 43.3 Å². The third kappa shape index (κ3) is 2.92. The van der Waals surface area contributed by atoms with Gasteiger partial charge in [-0.1, -0.05) is 0 Å². The summed E-state index contributed by atoms with van der Waals surface area (Å²) in [7, 11) is 0. The summed E-state index contributed by atoms with van der Waals surface area (Å²) in [5, 5.41) is 3.59. The molecule has 2 aliphatic rings. The molecule has 3 rings (SSSR count). The molecule has 1 aromatic rings. The molecule has 0 bridgehead atoms. The number of furan rings is 1. The van der Waals surface area contributed by atoms with Gasteiger partial charge >= 0.3 is 0 Å². The zero-order chi connectivity index (χ0) is 14.1. The van der Waals surface area contributed by atoms with Crippen LogP contribution >= 0.6 is 0 Å². The van der Waals surface area contributed by atoms with Crippen LogP contribution in [0.15, 0.2) is 10.5 Å². The van der Waals surface area contributed by atoms with Gasteiger partial charge in [0.15, 0.2) is 0 Å². The van der Waals surface area contributed by atoms with Crippen LogP contribution in [-0.2, 0) is 4.74 Å². The summed E-state index contributed by atoms with van der Waals surface area (Å²) in [5.41, 5.74) is 1.26. The Hall–Kier alpha value is -0.840. The molecule has 4 heteroatoms. The SMILES string of the molecule is Cc1cc(C(C)NCC2CN3CCCC3CO2)c(C)o1. The Morgan fingerprint density at radius 2 is 2.30 bits per heavy atom. The van der Waals surface area contributed by atoms with E-state index in [1.807, 2.05) is 13.8 Å². The second-order valence-electron chi connectivity index (χ2n) is 6.24. The first-order chi connectivity index (χ1) is 9.63. The highest BCUT2D eigenvalue weighted by Gasteiger charge is 2.32. The van der Waals surface area contributed by atoms with Crippen molar-refractivity contribution in [2.24, 2.45) is 0 Å². The number of aryl methyl sites for hydroxylation is 2. The highest BCUT2D eigenvalue weighted by molar-refractivity contribution is 5.23. The van der Waals surface area contributed by atoms with Gasteiger partial charge in [0.25, 0.3) is 0 Å². The summed E-state index contributed by atoms with van der Waals surface area (Å²) in [4.78, 5) is 2.59. The van der Waals surface area contributed by atoms with Gasteiger partial charge in [-0.25, -0.2) is 0 Å². The lowest BCUT2D eigenvalue weighted by molar-refractivity contribution is -0.0477. The number of rotatable bonds is 4. The molecule has 1 N–H and O–H groups in total. The van der Waals surface area contributed by atoms with Crippen molar-refractivity contribution in [3.8, 4) is 0 Å². The fourth-order valence-electron chi connectivity index (χ4n) is 3.51. The van der Waals surface area contributed by atoms with Crippen LogP contribution in [0.5, 0.6) is 0 Å². The van der Waals surface area contributed by atoms with Crippen LogP contribution in [0.2, 0.25) is 0 Å². The van der Waals surface area contributed by atoms with Crippen molar-refractivity contribution in [1.82, 2.24) is 10.2 Å². The average Bonchev–Trinajstić information content (AvgIpc) is 3.01. The molecule has 0 saturated carbocycles. The van der Waals surface area contributed by atoms with E-state index < -0.39 is 0 Å². The van der Waals surface area contributed by atoms with E-state index in [4.69, 9.17) is 9.15 Å². The van der Waals surface area contributed by atoms with E-state index in [2.05, 4.69) is 23.2 Å². The van der Waals surface area contributed by atoms with Gasteiger partial charge in [0.2, 0.25) is 0 Å². The molecule has 0 amide bonds. The molecule has 3 heterocycles. The van der Waals surface area contributed by atoms with E-state index in [1.165, 1.54) is 24.9 Å². The number of ether oxygens (including phenoxy) is 1. The van der Waals surface area contributed by atoms with E-state index >= 15 is 0 Å². The lowest BCUT2D eigenvalue weighted by Crippen LogP contribution is -2.49. The highest BCUT2D eigenvalue weighted by atomic mass is 16.5. The third-order valence-corrected chi connectivity index (χ3v) is 4.66. The maximum atomic E-state index is 5.99. The maximum Gasteiger partial charge on any atom is 0.105 e. The van der Waals surface area contributed by atoms with Gasteiger partial charge in [-0.05, 0) is 46.2 Å². The molecule has 2 saturated heterocycles. The molecular formula is C16H26N2O2. The van der Waals surface area contributed by atoms with E-state index in [0.717, 1.165) is 31.2 Å². The summed E-state index contributed by atoms with van der Waals surface area (Å²) in [5.74, 6) is 2.01. The monoisotopic (exact) mass is 278 g/mol. The first-order valence-electron chi connectivity index (χ1n) is 7.79. The zero-order valence-corrected chi connectivity index (χ0v) is 12.8. The number of fused-ring (bicyclic) bond motifs is 1. The minimum Gasteiger partial charge on any atom is -0.466 e. The number of nitrogens with one attached hydrogen (secondary N) is 1. The van der Waals surface area contributed by atoms with Gasteiger partial charge in [-0.3, -0.25) is 4.90 Å². The van der Waals surface area contributed by atoms with Crippen LogP contribution in [0.4, 0.5) is 0 Å². The summed E-state index contributed by atoms with van der Waals surface area (Å²) in [6, 6.07) is 3.13. The molecule has 20 heavy (non-hydrogen) atoms. The standard InChI is InChI=1S/C16H26N2O2/c1-11-7-16(13(3)20-11)12(2)17-8-15-9-18-6-4-5-14(18)10-19-15/h7,12,14-15,17H,4-6,8-10H2,1-3H3. The van der Waals surface area contributed by atoms with Crippen molar-refractivity contribution in [2.75, 3.05) is 26.2 Å². The van der Waals surface area contributed by atoms with Gasteiger partial charge in [-0.2, -0.15) is 0 Å². The third-order valence-electron chi connectivity index (χ3n) is 4.66. The van der Waals surface area contributed by atoms with E-state index in [9.17, 15) is 0 Å². The molecule has 0 spiro atoms. The van der Waals surface area contributed by atoms with Gasteiger partial charge < -0.3 is 14.5 Å². The van der Waals surface area contributed by atoms with Crippen molar-refractivity contribution in [1.29, 1.82) is 0 Å². The molecule has 112 valence electrons. The zero-order valence-electron chi connectivity index (χ0n) is 12.8. The van der Waals surface area contributed by atoms with Gasteiger partial charge in [-0.15, -0.1) is 0 Å². The van der Waals surface area contributed by atoms with Gasteiger partial charge in [0.1, 0.15) is 11.5 Å². The molecule has 3 unspecified atom stereocenters. The summed E-state index contributed by atoms with van der Waals surface area (Å²) in [6.07, 6.45) is 2.96. The molecule has 0 radical (unpaired) electrons. The van der Waals surface area contributed by atoms with Crippen molar-refractivity contribution in [3.05, 3.63) is 23.2 Å². The maximum absolute atomic E-state index is 5.99. The smallest absolute Gasteiger partial charge is 0.105 e. The van der Waals surface area contributed by atoms with Gasteiger partial charge in [0.05, 0.1) is 12.7 Å². The Balaban J connectivity index is 1.50. The second kappa shape index (κ2) is 5.88. The van der Waals surface area contributed by atoms with Crippen LogP contribution in [0.25, 0.3) is 0 Å². The van der Waals surface area contributed by atoms with E-state index in [1.54, 1.807) is 0 Å². The predicted octanol–water partition coefficient (Wildman–Crippen LogP) is 2.41. The highest BCUT2D eigenvalue weighted by Crippen LogP contribution is 2.24. The largest absolute Gasteiger partial charge is 0.466 e. The van der Waals surface area contributed by atoms with E-state index in [0.29, 0.717) is 18.2 Å². The van der Waals surface area contributed by atoms with Crippen molar-refractivity contribution >= 4 is 0 Å². The number of hydrogen-bond donors (Lipinski definition) is 1. The molecule has 3 atom stereocenters. The molecule has 1 aromatic heterocycles. The first kappa shape index (κ1) is 14.1. The number of morpholine rings is 1. The summed E-state index contributed by atoms with van der Waals surface area (Å²) < 4.78 is 11.6. The second-order valence-corrected chi connectivity index (χ2v) is 6.24. The van der Waals surface area contributed by atoms with Crippen molar-refractivity contribution in [2.45, 2.75) is 51.8 Å². The summed E-state index contributed by atoms with van der Waals surface area (Å²) >= 11 is 0. The molecule has 0 aliphatic carbocycles. The lowest BCUT2D eigenvalue weighted by atomic mass is 10.1. The fourth-order valence-corrected chi connectivity index (χ4v) is 3.51. The topological polar surface area (TPSA) is 37.6 Å². The summed E-state index contributed by atoms with van der Waals surface area (Å²) in [6.45, 7) is 10.4. The van der Waals surface area contributed by atoms with Crippen LogP contribution < -0.4 is 5.32 Å². The Labute approximate surface area is 121 Å². The van der Waals surface area contributed by atoms with Crippen LogP contribution in [0.1, 0.15) is 42.9 Å². The Morgan fingerprint density at radius 1 is 1.45 bits per heavy atom.